The van der Waals surface area contributed by atoms with Crippen LogP contribution in [0.15, 0.2) is 12.3 Å². The quantitative estimate of drug-likeness (QED) is 0.916. The van der Waals surface area contributed by atoms with Crippen LogP contribution in [0.5, 0.6) is 0 Å². The van der Waals surface area contributed by atoms with Crippen molar-refractivity contribution in [3.05, 3.63) is 23.8 Å². The van der Waals surface area contributed by atoms with Crippen LogP contribution in [0.1, 0.15) is 62.1 Å². The van der Waals surface area contributed by atoms with Crippen molar-refractivity contribution in [2.24, 2.45) is 0 Å². The first-order valence-electron chi connectivity index (χ1n) is 7.83. The summed E-state index contributed by atoms with van der Waals surface area (Å²) in [6.07, 6.45) is 6.18. The standard InChI is InChI=1S/C14H19N7O/c1-9(21-8-6-11(17-21)10-4-5-10)14(22)20-7-2-3-12(20)13-15-18-19-16-13/h6,8-10,12H,2-5,7H2,1H3,(H,15,16,18,19)/t9?,12-/m0/s1. The number of H-pyrrole nitrogens is 1. The van der Waals surface area contributed by atoms with Gasteiger partial charge in [0.25, 0.3) is 0 Å². The van der Waals surface area contributed by atoms with E-state index in [0.29, 0.717) is 11.7 Å². The topological polar surface area (TPSA) is 92.6 Å². The van der Waals surface area contributed by atoms with E-state index < -0.39 is 0 Å². The number of rotatable bonds is 4. The first kappa shape index (κ1) is 13.4. The molecule has 1 aliphatic carbocycles. The molecule has 8 nitrogen and oxygen atoms in total. The summed E-state index contributed by atoms with van der Waals surface area (Å²) in [6.45, 7) is 2.64. The van der Waals surface area contributed by atoms with E-state index in [1.807, 2.05) is 24.1 Å². The number of amides is 1. The third-order valence-corrected chi connectivity index (χ3v) is 4.57. The number of nitrogens with one attached hydrogen (secondary N) is 1. The van der Waals surface area contributed by atoms with Crippen LogP contribution in [-0.4, -0.2) is 47.8 Å². The van der Waals surface area contributed by atoms with Gasteiger partial charge in [0.05, 0.1) is 11.7 Å². The van der Waals surface area contributed by atoms with Gasteiger partial charge in [0, 0.05) is 18.7 Å². The van der Waals surface area contributed by atoms with Crippen molar-refractivity contribution >= 4 is 5.91 Å². The molecule has 3 heterocycles. The van der Waals surface area contributed by atoms with Crippen LogP contribution in [-0.2, 0) is 4.79 Å². The Kier molecular flexibility index (Phi) is 3.16. The summed E-state index contributed by atoms with van der Waals surface area (Å²) in [7, 11) is 0. The first-order valence-corrected chi connectivity index (χ1v) is 7.83. The van der Waals surface area contributed by atoms with E-state index >= 15 is 0 Å². The van der Waals surface area contributed by atoms with Crippen LogP contribution in [0.2, 0.25) is 0 Å². The highest BCUT2D eigenvalue weighted by Gasteiger charge is 2.36. The van der Waals surface area contributed by atoms with Crippen molar-refractivity contribution in [2.75, 3.05) is 6.54 Å². The van der Waals surface area contributed by atoms with Crippen LogP contribution in [0.4, 0.5) is 0 Å². The van der Waals surface area contributed by atoms with Gasteiger partial charge < -0.3 is 4.90 Å². The number of carbonyl (C=O) groups excluding carboxylic acids is 1. The van der Waals surface area contributed by atoms with E-state index in [0.717, 1.165) is 25.1 Å². The molecule has 8 heteroatoms. The lowest BCUT2D eigenvalue weighted by Crippen LogP contribution is -2.36. The molecule has 22 heavy (non-hydrogen) atoms. The minimum absolute atomic E-state index is 0.0674. The van der Waals surface area contributed by atoms with Crippen molar-refractivity contribution in [3.63, 3.8) is 0 Å². The zero-order valence-corrected chi connectivity index (χ0v) is 12.5. The summed E-state index contributed by atoms with van der Waals surface area (Å²) in [5, 5.41) is 18.7. The van der Waals surface area contributed by atoms with Crippen molar-refractivity contribution in [1.82, 2.24) is 35.3 Å². The Balaban J connectivity index is 1.51. The summed E-state index contributed by atoms with van der Waals surface area (Å²) in [5.74, 6) is 1.26. The van der Waals surface area contributed by atoms with Gasteiger partial charge in [-0.15, -0.1) is 10.2 Å². The number of aromatic amines is 1. The van der Waals surface area contributed by atoms with Crippen LogP contribution in [0, 0.1) is 0 Å². The molecule has 2 fully saturated rings. The monoisotopic (exact) mass is 301 g/mol. The SMILES string of the molecule is CC(C(=O)N1CCC[C@H]1c1nn[nH]n1)n1ccc(C2CC2)n1. The highest BCUT2D eigenvalue weighted by Crippen LogP contribution is 2.39. The summed E-state index contributed by atoms with van der Waals surface area (Å²) in [4.78, 5) is 14.7. The fraction of sp³-hybridized carbons (Fsp3) is 0.643. The van der Waals surface area contributed by atoms with Gasteiger partial charge in [-0.25, -0.2) is 0 Å². The van der Waals surface area contributed by atoms with Gasteiger partial charge >= 0.3 is 0 Å². The Morgan fingerprint density at radius 1 is 1.41 bits per heavy atom. The third kappa shape index (κ3) is 2.28. The van der Waals surface area contributed by atoms with E-state index in [2.05, 4.69) is 25.7 Å². The maximum Gasteiger partial charge on any atom is 0.247 e. The van der Waals surface area contributed by atoms with E-state index in [-0.39, 0.29) is 18.0 Å². The molecule has 2 aliphatic rings. The smallest absolute Gasteiger partial charge is 0.247 e. The van der Waals surface area contributed by atoms with Crippen LogP contribution < -0.4 is 0 Å². The van der Waals surface area contributed by atoms with Gasteiger partial charge in [-0.05, 0) is 38.7 Å². The van der Waals surface area contributed by atoms with Crippen LogP contribution in [0.3, 0.4) is 0 Å². The minimum Gasteiger partial charge on any atom is -0.330 e. The lowest BCUT2D eigenvalue weighted by Gasteiger charge is -2.25. The Morgan fingerprint density at radius 2 is 2.27 bits per heavy atom. The number of carbonyl (C=O) groups is 1. The predicted molar refractivity (Wildman–Crippen MR) is 76.8 cm³/mol. The predicted octanol–water partition coefficient (Wildman–Crippen LogP) is 1.20. The van der Waals surface area contributed by atoms with Crippen molar-refractivity contribution in [3.8, 4) is 0 Å². The summed E-state index contributed by atoms with van der Waals surface area (Å²) in [6, 6.07) is 1.65. The van der Waals surface area contributed by atoms with Crippen molar-refractivity contribution in [1.29, 1.82) is 0 Å². The number of tetrazole rings is 1. The molecule has 1 aliphatic heterocycles. The molecule has 0 bridgehead atoms. The van der Waals surface area contributed by atoms with E-state index in [1.54, 1.807) is 4.68 Å². The van der Waals surface area contributed by atoms with Gasteiger partial charge in [0.2, 0.25) is 5.91 Å². The van der Waals surface area contributed by atoms with Crippen LogP contribution >= 0.6 is 0 Å². The highest BCUT2D eigenvalue weighted by molar-refractivity contribution is 5.80. The number of hydrogen-bond acceptors (Lipinski definition) is 5. The molecular formula is C14H19N7O. The number of aromatic nitrogens is 6. The molecule has 1 unspecified atom stereocenters. The zero-order valence-electron chi connectivity index (χ0n) is 12.5. The molecular weight excluding hydrogens is 282 g/mol. The maximum atomic E-state index is 12.8. The molecule has 4 rings (SSSR count). The van der Waals surface area contributed by atoms with E-state index in [4.69, 9.17) is 0 Å². The molecule has 0 radical (unpaired) electrons. The molecule has 0 aromatic carbocycles. The van der Waals surface area contributed by atoms with E-state index in [1.165, 1.54) is 12.8 Å². The van der Waals surface area contributed by atoms with Crippen molar-refractivity contribution < 1.29 is 4.79 Å². The van der Waals surface area contributed by atoms with Crippen LogP contribution in [0.25, 0.3) is 0 Å². The molecule has 116 valence electrons. The number of nitrogens with zero attached hydrogens (tertiary/aromatic N) is 6. The second-order valence-electron chi connectivity index (χ2n) is 6.13. The third-order valence-electron chi connectivity index (χ3n) is 4.57. The average Bonchev–Trinajstić information content (AvgIpc) is 3.02. The van der Waals surface area contributed by atoms with Gasteiger partial charge in [-0.2, -0.15) is 10.3 Å². The van der Waals surface area contributed by atoms with E-state index in [9.17, 15) is 4.79 Å². The van der Waals surface area contributed by atoms with Gasteiger partial charge in [0.15, 0.2) is 5.82 Å². The fourth-order valence-electron chi connectivity index (χ4n) is 3.13. The summed E-state index contributed by atoms with van der Waals surface area (Å²) >= 11 is 0. The fourth-order valence-corrected chi connectivity index (χ4v) is 3.13. The molecule has 1 saturated carbocycles. The molecule has 1 amide bonds. The van der Waals surface area contributed by atoms with Gasteiger partial charge in [0.1, 0.15) is 6.04 Å². The number of hydrogen-bond donors (Lipinski definition) is 1. The molecule has 2 atom stereocenters. The molecule has 1 N–H and O–H groups in total. The summed E-state index contributed by atoms with van der Waals surface area (Å²) in [5.41, 5.74) is 1.11. The first-order chi connectivity index (χ1) is 10.7. The normalized spacial score (nSPS) is 23.0. The molecule has 2 aromatic heterocycles. The zero-order chi connectivity index (χ0) is 15.1. The lowest BCUT2D eigenvalue weighted by atomic mass is 10.2. The van der Waals surface area contributed by atoms with Crippen molar-refractivity contribution in [2.45, 2.75) is 50.6 Å². The Labute approximate surface area is 127 Å². The Hall–Kier alpha value is -2.25. The Bertz CT molecular complexity index is 661. The summed E-state index contributed by atoms with van der Waals surface area (Å²) < 4.78 is 1.78. The average molecular weight is 301 g/mol. The Morgan fingerprint density at radius 3 is 3.00 bits per heavy atom. The van der Waals surface area contributed by atoms with Gasteiger partial charge in [-0.1, -0.05) is 5.21 Å². The number of likely N-dealkylation sites (tertiary alicyclic amines) is 1. The van der Waals surface area contributed by atoms with Gasteiger partial charge in [-0.3, -0.25) is 9.48 Å². The largest absolute Gasteiger partial charge is 0.330 e. The second kappa shape index (κ2) is 5.19. The lowest BCUT2D eigenvalue weighted by molar-refractivity contribution is -0.135. The second-order valence-corrected chi connectivity index (χ2v) is 6.13. The minimum atomic E-state index is -0.306. The molecule has 1 saturated heterocycles. The maximum absolute atomic E-state index is 12.8. The molecule has 0 spiro atoms. The molecule has 2 aromatic rings. The highest BCUT2D eigenvalue weighted by atomic mass is 16.2.